The topological polar surface area (TPSA) is 84.9 Å². The summed E-state index contributed by atoms with van der Waals surface area (Å²) >= 11 is 0. The molecule has 1 N–H and O–H groups in total. The SMILES string of the molecule is COC(=O)C[C@H](C)N(Cc1cccc(F)c1)c1ccc(NS(=O)(=O)c2ccc(OC)cc2)c2ccccc12. The summed E-state index contributed by atoms with van der Waals surface area (Å²) in [6.45, 7) is 2.22. The molecule has 0 unspecified atom stereocenters. The molecule has 0 spiro atoms. The summed E-state index contributed by atoms with van der Waals surface area (Å²) in [6, 6.07) is 23.0. The van der Waals surface area contributed by atoms with E-state index in [0.29, 0.717) is 23.4 Å². The zero-order chi connectivity index (χ0) is 27.3. The maximum Gasteiger partial charge on any atom is 0.307 e. The largest absolute Gasteiger partial charge is 0.497 e. The fourth-order valence-electron chi connectivity index (χ4n) is 4.33. The van der Waals surface area contributed by atoms with Gasteiger partial charge in [0.05, 0.1) is 31.2 Å². The molecule has 0 amide bonds. The standard InChI is InChI=1S/C29H29FN2O5S/c1-20(17-29(33)37-3)32(19-21-7-6-8-22(30)18-21)28-16-15-27(25-9-4-5-10-26(25)28)31-38(34,35)24-13-11-23(36-2)12-14-24/h4-16,18,20,31H,17,19H2,1-3H3/t20-/m0/s1. The van der Waals surface area contributed by atoms with Crippen molar-refractivity contribution in [3.8, 4) is 5.75 Å². The highest BCUT2D eigenvalue weighted by Gasteiger charge is 2.23. The Morgan fingerprint density at radius 1 is 0.947 bits per heavy atom. The number of fused-ring (bicyclic) bond motifs is 1. The molecule has 0 saturated carbocycles. The molecule has 4 aromatic rings. The number of carbonyl (C=O) groups excluding carboxylic acids is 1. The monoisotopic (exact) mass is 536 g/mol. The number of hydrogen-bond acceptors (Lipinski definition) is 6. The van der Waals surface area contributed by atoms with Crippen molar-refractivity contribution in [2.24, 2.45) is 0 Å². The van der Waals surface area contributed by atoms with E-state index < -0.39 is 10.0 Å². The van der Waals surface area contributed by atoms with Gasteiger partial charge in [-0.15, -0.1) is 0 Å². The first-order valence-corrected chi connectivity index (χ1v) is 13.5. The van der Waals surface area contributed by atoms with Crippen LogP contribution < -0.4 is 14.4 Å². The van der Waals surface area contributed by atoms with Crippen LogP contribution in [0.3, 0.4) is 0 Å². The number of nitrogens with zero attached hydrogens (tertiary/aromatic N) is 1. The summed E-state index contributed by atoms with van der Waals surface area (Å²) in [6.07, 6.45) is 0.117. The third kappa shape index (κ3) is 6.06. The van der Waals surface area contributed by atoms with Crippen LogP contribution in [0.25, 0.3) is 10.8 Å². The van der Waals surface area contributed by atoms with Crippen LogP contribution in [0.5, 0.6) is 5.75 Å². The minimum Gasteiger partial charge on any atom is -0.497 e. The molecule has 0 bridgehead atoms. The number of esters is 1. The Morgan fingerprint density at radius 3 is 2.32 bits per heavy atom. The van der Waals surface area contributed by atoms with Crippen LogP contribution >= 0.6 is 0 Å². The summed E-state index contributed by atoms with van der Waals surface area (Å²) in [5, 5.41) is 1.45. The van der Waals surface area contributed by atoms with Gasteiger partial charge >= 0.3 is 5.97 Å². The van der Waals surface area contributed by atoms with E-state index >= 15 is 0 Å². The van der Waals surface area contributed by atoms with Crippen molar-refractivity contribution in [2.45, 2.75) is 30.8 Å². The number of nitrogens with one attached hydrogen (secondary N) is 1. The lowest BCUT2D eigenvalue weighted by atomic mass is 10.0. The van der Waals surface area contributed by atoms with E-state index in [1.165, 1.54) is 38.5 Å². The van der Waals surface area contributed by atoms with Crippen LogP contribution in [0.4, 0.5) is 15.8 Å². The van der Waals surface area contributed by atoms with E-state index in [1.807, 2.05) is 42.2 Å². The first kappa shape index (κ1) is 26.9. The molecule has 0 saturated heterocycles. The Morgan fingerprint density at radius 2 is 1.66 bits per heavy atom. The second-order valence-corrected chi connectivity index (χ2v) is 10.5. The predicted octanol–water partition coefficient (Wildman–Crippen LogP) is 5.75. The number of benzene rings is 4. The van der Waals surface area contributed by atoms with Gasteiger partial charge in [-0.25, -0.2) is 12.8 Å². The molecule has 0 aliphatic rings. The van der Waals surface area contributed by atoms with Crippen LogP contribution in [-0.4, -0.2) is 34.6 Å². The average Bonchev–Trinajstić information content (AvgIpc) is 2.92. The lowest BCUT2D eigenvalue weighted by molar-refractivity contribution is -0.140. The Labute approximate surface area is 221 Å². The number of sulfonamides is 1. The number of methoxy groups -OCH3 is 2. The van der Waals surface area contributed by atoms with Gasteiger partial charge in [0.1, 0.15) is 11.6 Å². The molecule has 0 aliphatic heterocycles. The predicted molar refractivity (Wildman–Crippen MR) is 146 cm³/mol. The molecular formula is C29H29FN2O5S. The third-order valence-electron chi connectivity index (χ3n) is 6.29. The van der Waals surface area contributed by atoms with Crippen LogP contribution in [0, 0.1) is 5.82 Å². The van der Waals surface area contributed by atoms with E-state index in [-0.39, 0.29) is 29.1 Å². The Balaban J connectivity index is 1.76. The molecule has 0 aromatic heterocycles. The smallest absolute Gasteiger partial charge is 0.307 e. The first-order valence-electron chi connectivity index (χ1n) is 12.0. The summed E-state index contributed by atoms with van der Waals surface area (Å²) in [5.41, 5.74) is 1.91. The lowest BCUT2D eigenvalue weighted by Gasteiger charge is -2.32. The number of anilines is 2. The van der Waals surface area contributed by atoms with Gasteiger partial charge in [-0.2, -0.15) is 0 Å². The maximum atomic E-state index is 14.0. The molecule has 0 aliphatic carbocycles. The number of ether oxygens (including phenoxy) is 2. The summed E-state index contributed by atoms with van der Waals surface area (Å²) < 4.78 is 53.0. The van der Waals surface area contributed by atoms with Gasteiger partial charge in [-0.3, -0.25) is 9.52 Å². The van der Waals surface area contributed by atoms with Crippen molar-refractivity contribution in [3.05, 3.63) is 96.3 Å². The number of halogens is 1. The fourth-order valence-corrected chi connectivity index (χ4v) is 5.41. The second kappa shape index (κ2) is 11.5. The maximum absolute atomic E-state index is 14.0. The van der Waals surface area contributed by atoms with Crippen molar-refractivity contribution >= 4 is 38.1 Å². The molecule has 198 valence electrons. The number of hydrogen-bond donors (Lipinski definition) is 1. The van der Waals surface area contributed by atoms with Gasteiger partial charge in [0.15, 0.2) is 0 Å². The van der Waals surface area contributed by atoms with E-state index in [4.69, 9.17) is 9.47 Å². The van der Waals surface area contributed by atoms with Crippen molar-refractivity contribution in [2.75, 3.05) is 23.8 Å². The van der Waals surface area contributed by atoms with E-state index in [9.17, 15) is 17.6 Å². The van der Waals surface area contributed by atoms with Crippen molar-refractivity contribution in [1.29, 1.82) is 0 Å². The Hall–Kier alpha value is -4.11. The average molecular weight is 537 g/mol. The molecule has 9 heteroatoms. The quantitative estimate of drug-likeness (QED) is 0.260. The molecule has 4 aromatic carbocycles. The Kier molecular flexibility index (Phi) is 8.16. The zero-order valence-corrected chi connectivity index (χ0v) is 22.2. The number of rotatable bonds is 10. The van der Waals surface area contributed by atoms with Gasteiger partial charge in [-0.05, 0) is 61.0 Å². The minimum atomic E-state index is -3.87. The van der Waals surface area contributed by atoms with Crippen LogP contribution in [0.2, 0.25) is 0 Å². The lowest BCUT2D eigenvalue weighted by Crippen LogP contribution is -2.35. The van der Waals surface area contributed by atoms with Crippen molar-refractivity contribution in [1.82, 2.24) is 0 Å². The second-order valence-electron chi connectivity index (χ2n) is 8.85. The molecular weight excluding hydrogens is 507 g/mol. The molecule has 0 fully saturated rings. The van der Waals surface area contributed by atoms with E-state index in [1.54, 1.807) is 30.3 Å². The van der Waals surface area contributed by atoms with Crippen molar-refractivity contribution in [3.63, 3.8) is 0 Å². The fraction of sp³-hybridized carbons (Fsp3) is 0.207. The highest BCUT2D eigenvalue weighted by molar-refractivity contribution is 7.92. The van der Waals surface area contributed by atoms with E-state index in [0.717, 1.165) is 16.6 Å². The normalized spacial score (nSPS) is 12.1. The van der Waals surface area contributed by atoms with Crippen LogP contribution in [0.15, 0.2) is 89.8 Å². The van der Waals surface area contributed by atoms with Gasteiger partial charge in [0, 0.05) is 29.0 Å². The molecule has 38 heavy (non-hydrogen) atoms. The van der Waals surface area contributed by atoms with Crippen LogP contribution in [0.1, 0.15) is 18.9 Å². The number of carbonyl (C=O) groups is 1. The zero-order valence-electron chi connectivity index (χ0n) is 21.3. The molecule has 1 atom stereocenters. The van der Waals surface area contributed by atoms with Crippen molar-refractivity contribution < 1.29 is 27.1 Å². The summed E-state index contributed by atoms with van der Waals surface area (Å²) in [7, 11) is -1.02. The van der Waals surface area contributed by atoms with Gasteiger partial charge in [-0.1, -0.05) is 36.4 Å². The summed E-state index contributed by atoms with van der Waals surface area (Å²) in [4.78, 5) is 14.2. The highest BCUT2D eigenvalue weighted by atomic mass is 32.2. The first-order chi connectivity index (χ1) is 18.2. The van der Waals surface area contributed by atoms with Gasteiger partial charge in [0.25, 0.3) is 10.0 Å². The highest BCUT2D eigenvalue weighted by Crippen LogP contribution is 2.36. The molecule has 4 rings (SSSR count). The third-order valence-corrected chi connectivity index (χ3v) is 7.67. The Bertz CT molecular complexity index is 1540. The van der Waals surface area contributed by atoms with Gasteiger partial charge in [0.2, 0.25) is 0 Å². The minimum absolute atomic E-state index is 0.103. The van der Waals surface area contributed by atoms with Crippen LogP contribution in [-0.2, 0) is 26.1 Å². The van der Waals surface area contributed by atoms with Gasteiger partial charge < -0.3 is 14.4 Å². The molecule has 7 nitrogen and oxygen atoms in total. The molecule has 0 heterocycles. The molecule has 0 radical (unpaired) electrons. The summed E-state index contributed by atoms with van der Waals surface area (Å²) in [5.74, 6) is -0.163. The van der Waals surface area contributed by atoms with E-state index in [2.05, 4.69) is 4.72 Å².